The van der Waals surface area contributed by atoms with Crippen LogP contribution in [0.3, 0.4) is 0 Å². The van der Waals surface area contributed by atoms with Crippen LogP contribution in [0.25, 0.3) is 0 Å². The molecule has 0 aliphatic rings. The summed E-state index contributed by atoms with van der Waals surface area (Å²) in [6.45, 7) is 2.75. The van der Waals surface area contributed by atoms with Crippen molar-refractivity contribution in [2.75, 3.05) is 12.3 Å². The van der Waals surface area contributed by atoms with Gasteiger partial charge in [0.1, 0.15) is 11.1 Å². The first-order valence-electron chi connectivity index (χ1n) is 5.84. The van der Waals surface area contributed by atoms with Crippen LogP contribution >= 0.6 is 27.7 Å². The summed E-state index contributed by atoms with van der Waals surface area (Å²) in [5, 5.41) is 13.0. The number of nitrogens with one attached hydrogen (secondary N) is 1. The van der Waals surface area contributed by atoms with Crippen LogP contribution in [0.15, 0.2) is 27.8 Å². The molecule has 1 atom stereocenters. The molecule has 2 N–H and O–H groups in total. The van der Waals surface area contributed by atoms with Gasteiger partial charge in [-0.2, -0.15) is 0 Å². The molecule has 1 rings (SSSR count). The summed E-state index contributed by atoms with van der Waals surface area (Å²) in [5.74, 6) is -0.0623. The quantitative estimate of drug-likeness (QED) is 0.717. The van der Waals surface area contributed by atoms with E-state index in [0.29, 0.717) is 6.42 Å². The number of aliphatic carboxylic acids is 1. The average Bonchev–Trinajstić information content (AvgIpc) is 2.35. The van der Waals surface area contributed by atoms with Crippen LogP contribution in [0.1, 0.15) is 19.8 Å². The van der Waals surface area contributed by atoms with E-state index in [0.717, 1.165) is 28.2 Å². The lowest BCUT2D eigenvalue weighted by Gasteiger charge is -2.13. The molecule has 0 spiro atoms. The monoisotopic (exact) mass is 332 g/mol. The molecule has 100 valence electrons. The third-order valence-electron chi connectivity index (χ3n) is 2.31. The Hall–Kier alpha value is -0.590. The second-order valence-corrected chi connectivity index (χ2v) is 5.71. The zero-order valence-electron chi connectivity index (χ0n) is 10.2. The number of hydrogen-bond donors (Lipinski definition) is 2. The molecule has 1 aromatic rings. The highest BCUT2D eigenvalue weighted by Gasteiger charge is 2.16. The fraction of sp³-hybridized carbons (Fsp3) is 0.500. The van der Waals surface area contributed by atoms with Crippen LogP contribution in [0.5, 0.6) is 0 Å². The maximum Gasteiger partial charge on any atom is 0.320 e. The predicted octanol–water partition coefficient (Wildman–Crippen LogP) is 2.78. The number of carbonyl (C=O) groups is 1. The Morgan fingerprint density at radius 3 is 3.06 bits per heavy atom. The first kappa shape index (κ1) is 15.5. The van der Waals surface area contributed by atoms with Gasteiger partial charge >= 0.3 is 5.97 Å². The van der Waals surface area contributed by atoms with Crippen molar-refractivity contribution in [1.82, 2.24) is 10.3 Å². The Balaban J connectivity index is 2.39. The van der Waals surface area contributed by atoms with Gasteiger partial charge in [-0.25, -0.2) is 4.98 Å². The summed E-state index contributed by atoms with van der Waals surface area (Å²) in [6, 6.07) is 3.32. The lowest BCUT2D eigenvalue weighted by atomic mass is 10.2. The van der Waals surface area contributed by atoms with Crippen LogP contribution < -0.4 is 5.32 Å². The fourth-order valence-corrected chi connectivity index (χ4v) is 2.87. The molecule has 0 saturated carbocycles. The summed E-state index contributed by atoms with van der Waals surface area (Å²) >= 11 is 4.98. The largest absolute Gasteiger partial charge is 0.480 e. The number of rotatable bonds is 8. The maximum absolute atomic E-state index is 11.0. The normalized spacial score (nSPS) is 12.3. The Bertz CT molecular complexity index is 390. The molecule has 0 radical (unpaired) electrons. The molecule has 1 aromatic heterocycles. The molecule has 1 heterocycles. The molecule has 1 unspecified atom stereocenters. The topological polar surface area (TPSA) is 62.2 Å². The van der Waals surface area contributed by atoms with Gasteiger partial charge in [0.25, 0.3) is 0 Å². The Morgan fingerprint density at radius 2 is 2.44 bits per heavy atom. The number of nitrogens with zero attached hydrogens (tertiary/aromatic N) is 1. The van der Waals surface area contributed by atoms with E-state index >= 15 is 0 Å². The molecule has 0 bridgehead atoms. The van der Waals surface area contributed by atoms with Crippen molar-refractivity contribution >= 4 is 33.7 Å². The molecule has 0 fully saturated rings. The van der Waals surface area contributed by atoms with Gasteiger partial charge in [0, 0.05) is 16.4 Å². The molecular weight excluding hydrogens is 316 g/mol. The van der Waals surface area contributed by atoms with Crippen molar-refractivity contribution in [3.8, 4) is 0 Å². The number of carboxylic acids is 1. The van der Waals surface area contributed by atoms with Gasteiger partial charge in [0.05, 0.1) is 0 Å². The van der Waals surface area contributed by atoms with Gasteiger partial charge in [-0.05, 0) is 47.4 Å². The predicted molar refractivity (Wildman–Crippen MR) is 77.0 cm³/mol. The van der Waals surface area contributed by atoms with Crippen LogP contribution in [0, 0.1) is 0 Å². The highest BCUT2D eigenvalue weighted by Crippen LogP contribution is 2.25. The fourth-order valence-electron chi connectivity index (χ4n) is 1.38. The molecule has 0 saturated heterocycles. The smallest absolute Gasteiger partial charge is 0.320 e. The van der Waals surface area contributed by atoms with Gasteiger partial charge in [-0.1, -0.05) is 6.92 Å². The first-order chi connectivity index (χ1) is 8.65. The zero-order chi connectivity index (χ0) is 13.4. The van der Waals surface area contributed by atoms with Crippen molar-refractivity contribution in [2.24, 2.45) is 0 Å². The number of halogens is 1. The number of thioether (sulfide) groups is 1. The second kappa shape index (κ2) is 8.50. The van der Waals surface area contributed by atoms with Crippen molar-refractivity contribution < 1.29 is 9.90 Å². The van der Waals surface area contributed by atoms with E-state index in [2.05, 4.69) is 26.2 Å². The molecule has 6 heteroatoms. The lowest BCUT2D eigenvalue weighted by molar-refractivity contribution is -0.139. The molecule has 18 heavy (non-hydrogen) atoms. The van der Waals surface area contributed by atoms with Gasteiger partial charge in [-0.3, -0.25) is 4.79 Å². The van der Waals surface area contributed by atoms with Crippen LogP contribution in [-0.2, 0) is 4.79 Å². The number of carboxylic acid groups (broad SMARTS) is 1. The van der Waals surface area contributed by atoms with E-state index in [1.165, 1.54) is 0 Å². The summed E-state index contributed by atoms with van der Waals surface area (Å²) in [6.07, 6.45) is 3.25. The van der Waals surface area contributed by atoms with Crippen LogP contribution in [0.2, 0.25) is 0 Å². The molecule has 0 aliphatic heterocycles. The summed E-state index contributed by atoms with van der Waals surface area (Å²) < 4.78 is 0.948. The zero-order valence-corrected chi connectivity index (χ0v) is 12.6. The van der Waals surface area contributed by atoms with E-state index in [9.17, 15) is 4.79 Å². The van der Waals surface area contributed by atoms with Crippen molar-refractivity contribution in [3.63, 3.8) is 0 Å². The van der Waals surface area contributed by atoms with E-state index in [1.54, 1.807) is 18.0 Å². The number of aromatic nitrogens is 1. The Labute approximate surface area is 120 Å². The summed E-state index contributed by atoms with van der Waals surface area (Å²) in [7, 11) is 0. The SMILES string of the molecule is CCCNC(CCSc1ncccc1Br)C(=O)O. The highest BCUT2D eigenvalue weighted by molar-refractivity contribution is 9.10. The Kier molecular flexibility index (Phi) is 7.31. The number of pyridine rings is 1. The molecule has 0 aromatic carbocycles. The van der Waals surface area contributed by atoms with Crippen LogP contribution in [-0.4, -0.2) is 34.4 Å². The van der Waals surface area contributed by atoms with Gasteiger partial charge in [0.2, 0.25) is 0 Å². The van der Waals surface area contributed by atoms with E-state index in [4.69, 9.17) is 5.11 Å². The van der Waals surface area contributed by atoms with Crippen LogP contribution in [0.4, 0.5) is 0 Å². The number of hydrogen-bond acceptors (Lipinski definition) is 4. The van der Waals surface area contributed by atoms with E-state index in [1.807, 2.05) is 19.1 Å². The highest BCUT2D eigenvalue weighted by atomic mass is 79.9. The summed E-state index contributed by atoms with van der Waals surface area (Å²) in [4.78, 5) is 15.2. The Morgan fingerprint density at radius 1 is 1.67 bits per heavy atom. The molecule has 0 aliphatic carbocycles. The molecular formula is C12H17BrN2O2S. The minimum atomic E-state index is -0.788. The molecule has 4 nitrogen and oxygen atoms in total. The third kappa shape index (κ3) is 5.37. The molecule has 0 amide bonds. The lowest BCUT2D eigenvalue weighted by Crippen LogP contribution is -2.37. The van der Waals surface area contributed by atoms with Gasteiger partial charge in [0.15, 0.2) is 0 Å². The van der Waals surface area contributed by atoms with Crippen molar-refractivity contribution in [2.45, 2.75) is 30.8 Å². The van der Waals surface area contributed by atoms with Gasteiger partial charge < -0.3 is 10.4 Å². The third-order valence-corrected chi connectivity index (χ3v) is 4.25. The first-order valence-corrected chi connectivity index (χ1v) is 7.62. The van der Waals surface area contributed by atoms with Crippen molar-refractivity contribution in [1.29, 1.82) is 0 Å². The minimum absolute atomic E-state index is 0.472. The minimum Gasteiger partial charge on any atom is -0.480 e. The second-order valence-electron chi connectivity index (χ2n) is 3.77. The standard InChI is InChI=1S/C12H17BrN2O2S/c1-2-6-14-10(12(16)17)5-8-18-11-9(13)4-3-7-15-11/h3-4,7,10,14H,2,5-6,8H2,1H3,(H,16,17). The average molecular weight is 333 g/mol. The van der Waals surface area contributed by atoms with E-state index < -0.39 is 12.0 Å². The van der Waals surface area contributed by atoms with Gasteiger partial charge in [-0.15, -0.1) is 11.8 Å². The van der Waals surface area contributed by atoms with E-state index in [-0.39, 0.29) is 0 Å². The maximum atomic E-state index is 11.0. The van der Waals surface area contributed by atoms with Crippen molar-refractivity contribution in [3.05, 3.63) is 22.8 Å². The summed E-state index contributed by atoms with van der Waals surface area (Å²) in [5.41, 5.74) is 0.